The third-order valence-corrected chi connectivity index (χ3v) is 4.88. The lowest BCUT2D eigenvalue weighted by molar-refractivity contribution is -0.151. The number of hydrogen-bond acceptors (Lipinski definition) is 4. The molecule has 104 valence electrons. The fourth-order valence-corrected chi connectivity index (χ4v) is 3.93. The molecule has 1 amide bonds. The van der Waals surface area contributed by atoms with Crippen molar-refractivity contribution in [3.8, 4) is 0 Å². The van der Waals surface area contributed by atoms with Gasteiger partial charge in [0.25, 0.3) is 0 Å². The molecule has 0 radical (unpaired) electrons. The van der Waals surface area contributed by atoms with E-state index in [9.17, 15) is 4.79 Å². The van der Waals surface area contributed by atoms with Gasteiger partial charge in [-0.05, 0) is 40.5 Å². The predicted molar refractivity (Wildman–Crippen MR) is 80.6 cm³/mol. The molecule has 1 spiro atoms. The van der Waals surface area contributed by atoms with Crippen molar-refractivity contribution in [2.24, 2.45) is 5.41 Å². The van der Waals surface area contributed by atoms with Gasteiger partial charge in [-0.25, -0.2) is 4.79 Å². The molecule has 1 saturated heterocycles. The van der Waals surface area contributed by atoms with Crippen molar-refractivity contribution < 1.29 is 13.7 Å². The van der Waals surface area contributed by atoms with E-state index in [-0.39, 0.29) is 17.6 Å². The zero-order valence-electron chi connectivity index (χ0n) is 11.2. The maximum atomic E-state index is 12.0. The first-order chi connectivity index (χ1) is 8.27. The lowest BCUT2D eigenvalue weighted by atomic mass is 9.57. The van der Waals surface area contributed by atoms with E-state index in [0.29, 0.717) is 6.10 Å². The van der Waals surface area contributed by atoms with Crippen molar-refractivity contribution in [2.75, 3.05) is 6.54 Å². The van der Waals surface area contributed by atoms with Gasteiger partial charge in [-0.1, -0.05) is 0 Å². The van der Waals surface area contributed by atoms with Crippen LogP contribution in [0.5, 0.6) is 0 Å². The first kappa shape index (κ1) is 14.7. The quantitative estimate of drug-likeness (QED) is 0.536. The van der Waals surface area contributed by atoms with Gasteiger partial charge in [-0.3, -0.25) is 0 Å². The number of rotatable bonds is 2. The Morgan fingerprint density at radius 1 is 1.44 bits per heavy atom. The van der Waals surface area contributed by atoms with Gasteiger partial charge in [0.05, 0.1) is 15.3 Å². The van der Waals surface area contributed by atoms with Crippen molar-refractivity contribution in [1.82, 2.24) is 4.90 Å². The van der Waals surface area contributed by atoms with Crippen molar-refractivity contribution in [2.45, 2.75) is 58.3 Å². The number of nitrogens with zero attached hydrogens (tertiary/aromatic N) is 1. The third-order valence-electron chi connectivity index (χ3n) is 3.91. The second-order valence-electron chi connectivity index (χ2n) is 6.34. The van der Waals surface area contributed by atoms with Gasteiger partial charge >= 0.3 is 6.09 Å². The highest BCUT2D eigenvalue weighted by molar-refractivity contribution is 14.2. The van der Waals surface area contributed by atoms with E-state index in [2.05, 4.69) is 28.1 Å². The van der Waals surface area contributed by atoms with Crippen LogP contribution in [0.25, 0.3) is 0 Å². The molecule has 4 nitrogen and oxygen atoms in total. The lowest BCUT2D eigenvalue weighted by Crippen LogP contribution is -2.71. The molecule has 0 aromatic heterocycles. The fraction of sp³-hybridized carbons (Fsp3) is 0.917. The zero-order chi connectivity index (χ0) is 13.6. The van der Waals surface area contributed by atoms with Crippen molar-refractivity contribution in [3.05, 3.63) is 0 Å². The minimum absolute atomic E-state index is 0.187. The second kappa shape index (κ2) is 5.01. The molecule has 0 N–H and O–H groups in total. The standard InChI is InChI=1S/C12H20INO3S/c1-8-12(5-9(6-12)17-18-13)7-14(8)10(15)16-11(2,3)4/h8-9H,5-7H2,1-4H3. The van der Waals surface area contributed by atoms with Crippen LogP contribution in [0.3, 0.4) is 0 Å². The van der Waals surface area contributed by atoms with Gasteiger partial charge in [-0.2, -0.15) is 0 Å². The molecule has 18 heavy (non-hydrogen) atoms. The normalized spacial score (nSPS) is 35.1. The first-order valence-corrected chi connectivity index (χ1v) is 9.49. The molecule has 1 unspecified atom stereocenters. The summed E-state index contributed by atoms with van der Waals surface area (Å²) in [5, 5.41) is 0. The SMILES string of the molecule is CC1N(C(=O)OC(C)(C)C)CC12CC(OSI)C2. The Morgan fingerprint density at radius 3 is 2.50 bits per heavy atom. The summed E-state index contributed by atoms with van der Waals surface area (Å²) < 4.78 is 10.9. The molecule has 1 atom stereocenters. The summed E-state index contributed by atoms with van der Waals surface area (Å²) in [6.07, 6.45) is 2.29. The summed E-state index contributed by atoms with van der Waals surface area (Å²) in [7, 11) is 1.40. The van der Waals surface area contributed by atoms with Crippen molar-refractivity contribution in [1.29, 1.82) is 0 Å². The Kier molecular flexibility index (Phi) is 4.10. The van der Waals surface area contributed by atoms with Gasteiger partial charge in [0.2, 0.25) is 0 Å². The Bertz CT molecular complexity index is 339. The predicted octanol–water partition coefficient (Wildman–Crippen LogP) is 3.79. The number of carbonyl (C=O) groups excluding carboxylic acids is 1. The molecule has 0 aromatic rings. The van der Waals surface area contributed by atoms with E-state index in [1.807, 2.05) is 25.7 Å². The van der Waals surface area contributed by atoms with Crippen LogP contribution in [0.2, 0.25) is 0 Å². The van der Waals surface area contributed by atoms with Crippen LogP contribution in [-0.4, -0.2) is 35.3 Å². The highest BCUT2D eigenvalue weighted by Crippen LogP contribution is 2.55. The number of likely N-dealkylation sites (tertiary alicyclic amines) is 1. The largest absolute Gasteiger partial charge is 0.444 e. The molecule has 6 heteroatoms. The molecule has 0 bridgehead atoms. The third kappa shape index (κ3) is 2.75. The van der Waals surface area contributed by atoms with Gasteiger partial charge < -0.3 is 13.8 Å². The molecule has 2 fully saturated rings. The van der Waals surface area contributed by atoms with Crippen LogP contribution in [0.4, 0.5) is 4.79 Å². The minimum Gasteiger partial charge on any atom is -0.444 e. The highest BCUT2D eigenvalue weighted by Gasteiger charge is 2.60. The first-order valence-electron chi connectivity index (χ1n) is 6.21. The fourth-order valence-electron chi connectivity index (χ4n) is 2.81. The van der Waals surface area contributed by atoms with Crippen LogP contribution in [0, 0.1) is 5.41 Å². The summed E-state index contributed by atoms with van der Waals surface area (Å²) in [5.41, 5.74) is -0.128. The lowest BCUT2D eigenvalue weighted by Gasteiger charge is -2.62. The van der Waals surface area contributed by atoms with E-state index >= 15 is 0 Å². The van der Waals surface area contributed by atoms with E-state index in [0.717, 1.165) is 19.4 Å². The maximum Gasteiger partial charge on any atom is 0.410 e. The van der Waals surface area contributed by atoms with Crippen LogP contribution >= 0.6 is 30.4 Å². The van der Waals surface area contributed by atoms with E-state index in [4.69, 9.17) is 8.92 Å². The van der Waals surface area contributed by atoms with Crippen LogP contribution < -0.4 is 0 Å². The number of halogens is 1. The average Bonchev–Trinajstić information content (AvgIpc) is 2.16. The molecule has 0 aromatic carbocycles. The molecule has 2 rings (SSSR count). The Morgan fingerprint density at radius 2 is 2.06 bits per heavy atom. The number of ether oxygens (including phenoxy) is 1. The van der Waals surface area contributed by atoms with Gasteiger partial charge in [0.15, 0.2) is 0 Å². The molecule has 2 aliphatic rings. The van der Waals surface area contributed by atoms with E-state index in [1.54, 1.807) is 0 Å². The van der Waals surface area contributed by atoms with Crippen LogP contribution in [0.15, 0.2) is 0 Å². The van der Waals surface area contributed by atoms with E-state index in [1.165, 1.54) is 9.21 Å². The number of hydrogen-bond donors (Lipinski definition) is 0. The summed E-state index contributed by atoms with van der Waals surface area (Å²) in [5.74, 6) is 0. The molecule has 1 heterocycles. The van der Waals surface area contributed by atoms with Crippen molar-refractivity contribution >= 4 is 36.5 Å². The highest BCUT2D eigenvalue weighted by atomic mass is 127. The van der Waals surface area contributed by atoms with Gasteiger partial charge in [0.1, 0.15) is 5.60 Å². The summed E-state index contributed by atoms with van der Waals surface area (Å²) in [6.45, 7) is 8.62. The number of amides is 1. The molecule has 1 aliphatic carbocycles. The Balaban J connectivity index is 1.82. The molecule has 1 aliphatic heterocycles. The van der Waals surface area contributed by atoms with E-state index < -0.39 is 5.60 Å². The summed E-state index contributed by atoms with van der Waals surface area (Å²) in [6, 6.07) is 0.270. The monoisotopic (exact) mass is 385 g/mol. The molecular weight excluding hydrogens is 365 g/mol. The Hall–Kier alpha value is 0.310. The zero-order valence-corrected chi connectivity index (χ0v) is 14.2. The summed E-state index contributed by atoms with van der Waals surface area (Å²) >= 11 is 2.15. The molecule has 1 saturated carbocycles. The minimum atomic E-state index is -0.414. The topological polar surface area (TPSA) is 38.8 Å². The Labute approximate surface area is 125 Å². The van der Waals surface area contributed by atoms with Crippen LogP contribution in [-0.2, 0) is 8.92 Å². The van der Waals surface area contributed by atoms with Crippen LogP contribution in [0.1, 0.15) is 40.5 Å². The maximum absolute atomic E-state index is 12.0. The average molecular weight is 385 g/mol. The van der Waals surface area contributed by atoms with Gasteiger partial charge in [0, 0.05) is 39.2 Å². The van der Waals surface area contributed by atoms with Crippen molar-refractivity contribution in [3.63, 3.8) is 0 Å². The summed E-state index contributed by atoms with van der Waals surface area (Å²) in [4.78, 5) is 13.8. The number of carbonyl (C=O) groups is 1. The smallest absolute Gasteiger partial charge is 0.410 e. The second-order valence-corrected chi connectivity index (χ2v) is 7.73. The van der Waals surface area contributed by atoms with Gasteiger partial charge in [-0.15, -0.1) is 0 Å². The molecular formula is C12H20INO3S.